The predicted octanol–water partition coefficient (Wildman–Crippen LogP) is 7.33. The number of hydrogen-bond acceptors (Lipinski definition) is 2. The van der Waals surface area contributed by atoms with Crippen molar-refractivity contribution in [3.05, 3.63) is 0 Å². The highest BCUT2D eigenvalue weighted by Gasteiger charge is 2.33. The molecule has 1 aliphatic rings. The summed E-state index contributed by atoms with van der Waals surface area (Å²) in [6.07, 6.45) is 21.2. The maximum Gasteiger partial charge on any atom is 0.160 e. The van der Waals surface area contributed by atoms with Crippen LogP contribution in [0.3, 0.4) is 0 Å². The number of unbranched alkanes of at least 4 members (excludes halogenated alkanes) is 10. The quantitative estimate of drug-likeness (QED) is 0.242. The summed E-state index contributed by atoms with van der Waals surface area (Å²) in [7, 11) is 0. The van der Waals surface area contributed by atoms with Gasteiger partial charge in [0.15, 0.2) is 4.32 Å². The molecule has 1 nitrogen and oxygen atoms in total. The molecule has 0 radical (unpaired) electrons. The zero-order chi connectivity index (χ0) is 16.1. The van der Waals surface area contributed by atoms with E-state index in [1.807, 2.05) is 11.8 Å². The van der Waals surface area contributed by atoms with Crippen molar-refractivity contribution >= 4 is 34.5 Å². The van der Waals surface area contributed by atoms with Gasteiger partial charge in [0.2, 0.25) is 0 Å². The van der Waals surface area contributed by atoms with E-state index in [2.05, 4.69) is 25.1 Å². The molecule has 0 spiro atoms. The van der Waals surface area contributed by atoms with Crippen molar-refractivity contribution in [2.24, 2.45) is 4.99 Å². The molecular formula is C19H35NS2. The van der Waals surface area contributed by atoms with Gasteiger partial charge in [0.05, 0.1) is 4.75 Å². The first-order chi connectivity index (χ1) is 10.7. The zero-order valence-corrected chi connectivity index (χ0v) is 16.4. The second kappa shape index (κ2) is 12.5. The second-order valence-electron chi connectivity index (χ2n) is 6.73. The van der Waals surface area contributed by atoms with Gasteiger partial charge in [-0.1, -0.05) is 115 Å². The Morgan fingerprint density at radius 2 is 1.27 bits per heavy atom. The fourth-order valence-electron chi connectivity index (χ4n) is 3.16. The van der Waals surface area contributed by atoms with Crippen molar-refractivity contribution < 1.29 is 0 Å². The van der Waals surface area contributed by atoms with E-state index >= 15 is 0 Å². The van der Waals surface area contributed by atoms with E-state index in [0.29, 0.717) is 0 Å². The lowest BCUT2D eigenvalue weighted by Gasteiger charge is -2.24. The summed E-state index contributed by atoms with van der Waals surface area (Å²) < 4.78 is 1.10. The number of rotatable bonds is 14. The number of aliphatic imine (C=N–C) groups is 1. The van der Waals surface area contributed by atoms with Gasteiger partial charge in [-0.2, -0.15) is 0 Å². The van der Waals surface area contributed by atoms with Crippen LogP contribution in [0.1, 0.15) is 104 Å². The molecule has 0 aromatic heterocycles. The van der Waals surface area contributed by atoms with Crippen LogP contribution in [0.25, 0.3) is 0 Å². The molecule has 0 bridgehead atoms. The van der Waals surface area contributed by atoms with E-state index in [1.54, 1.807) is 0 Å². The first-order valence-electron chi connectivity index (χ1n) is 9.50. The minimum Gasteiger partial charge on any atom is -0.241 e. The Labute approximate surface area is 148 Å². The number of thioether (sulfide) groups is 1. The van der Waals surface area contributed by atoms with E-state index in [-0.39, 0.29) is 4.75 Å². The van der Waals surface area contributed by atoms with Gasteiger partial charge in [0.25, 0.3) is 0 Å². The molecule has 0 N–H and O–H groups in total. The van der Waals surface area contributed by atoms with Gasteiger partial charge in [-0.15, -0.1) is 0 Å². The lowest BCUT2D eigenvalue weighted by molar-refractivity contribution is 0.515. The van der Waals surface area contributed by atoms with Crippen molar-refractivity contribution in [3.63, 3.8) is 0 Å². The Kier molecular flexibility index (Phi) is 11.5. The molecule has 0 aromatic rings. The third kappa shape index (κ3) is 8.67. The largest absolute Gasteiger partial charge is 0.241 e. The fraction of sp³-hybridized carbons (Fsp3) is 0.895. The topological polar surface area (TPSA) is 12.4 Å². The summed E-state index contributed by atoms with van der Waals surface area (Å²) in [6.45, 7) is 4.56. The molecule has 128 valence electrons. The third-order valence-corrected chi connectivity index (χ3v) is 6.16. The summed E-state index contributed by atoms with van der Waals surface area (Å²) in [5.41, 5.74) is 0. The van der Waals surface area contributed by atoms with Crippen molar-refractivity contribution in [1.29, 1.82) is 0 Å². The maximum absolute atomic E-state index is 5.31. The highest BCUT2D eigenvalue weighted by molar-refractivity contribution is 8.24. The smallest absolute Gasteiger partial charge is 0.160 e. The summed E-state index contributed by atoms with van der Waals surface area (Å²) in [5.74, 6) is 0. The Hall–Kier alpha value is 0.110. The van der Waals surface area contributed by atoms with E-state index in [1.165, 1.54) is 89.9 Å². The van der Waals surface area contributed by atoms with Crippen molar-refractivity contribution in [1.82, 2.24) is 0 Å². The first-order valence-corrected chi connectivity index (χ1v) is 10.7. The molecular weight excluding hydrogens is 306 g/mol. The van der Waals surface area contributed by atoms with Crippen LogP contribution >= 0.6 is 24.0 Å². The fourth-order valence-corrected chi connectivity index (χ4v) is 4.76. The van der Waals surface area contributed by atoms with Crippen molar-refractivity contribution in [3.8, 4) is 0 Å². The van der Waals surface area contributed by atoms with Crippen molar-refractivity contribution in [2.75, 3.05) is 0 Å². The molecule has 0 saturated heterocycles. The lowest BCUT2D eigenvalue weighted by Crippen LogP contribution is -2.24. The normalized spacial score (nSPS) is 16.5. The lowest BCUT2D eigenvalue weighted by atomic mass is 9.94. The molecule has 0 atom stereocenters. The van der Waals surface area contributed by atoms with Crippen LogP contribution in [-0.2, 0) is 0 Å². The number of thiocarbonyl (C=S) groups is 1. The zero-order valence-electron chi connectivity index (χ0n) is 14.7. The van der Waals surface area contributed by atoms with Crippen LogP contribution < -0.4 is 0 Å². The second-order valence-corrected chi connectivity index (χ2v) is 8.78. The monoisotopic (exact) mass is 341 g/mol. The molecule has 1 heterocycles. The minimum absolute atomic E-state index is 0.243. The number of hydrogen-bond donors (Lipinski definition) is 0. The molecule has 0 aliphatic carbocycles. The molecule has 3 heteroatoms. The van der Waals surface area contributed by atoms with E-state index in [4.69, 9.17) is 12.2 Å². The average Bonchev–Trinajstić information content (AvgIpc) is 2.88. The molecule has 0 unspecified atom stereocenters. The van der Waals surface area contributed by atoms with Crippen LogP contribution in [0.2, 0.25) is 0 Å². The first kappa shape index (κ1) is 20.2. The van der Waals surface area contributed by atoms with Gasteiger partial charge in [0, 0.05) is 6.21 Å². The van der Waals surface area contributed by atoms with Crippen LogP contribution in [-0.4, -0.2) is 15.3 Å². The maximum atomic E-state index is 5.31. The highest BCUT2D eigenvalue weighted by Crippen LogP contribution is 2.40. The van der Waals surface area contributed by atoms with Gasteiger partial charge in [-0.3, -0.25) is 0 Å². The average molecular weight is 342 g/mol. The Morgan fingerprint density at radius 1 is 0.818 bits per heavy atom. The SMILES string of the molecule is CCCCCCCCC1(CCCCCCCC)C=NC(=S)S1. The summed E-state index contributed by atoms with van der Waals surface area (Å²) in [6, 6.07) is 0. The van der Waals surface area contributed by atoms with E-state index < -0.39 is 0 Å². The highest BCUT2D eigenvalue weighted by atomic mass is 32.2. The van der Waals surface area contributed by atoms with E-state index in [9.17, 15) is 0 Å². The summed E-state index contributed by atoms with van der Waals surface area (Å²) in [5, 5.41) is 0. The third-order valence-electron chi connectivity index (χ3n) is 4.60. The van der Waals surface area contributed by atoms with Gasteiger partial charge in [-0.25, -0.2) is 4.99 Å². The van der Waals surface area contributed by atoms with Gasteiger partial charge in [0.1, 0.15) is 0 Å². The van der Waals surface area contributed by atoms with Gasteiger partial charge >= 0.3 is 0 Å². The van der Waals surface area contributed by atoms with Crippen LogP contribution in [0.5, 0.6) is 0 Å². The molecule has 0 amide bonds. The molecule has 0 fully saturated rings. The Bertz CT molecular complexity index is 309. The molecule has 1 rings (SSSR count). The molecule has 0 saturated carbocycles. The standard InChI is InChI=1S/C19H35NS2/c1-3-5-7-9-11-13-15-19(17-20-18(21)22-19)16-14-12-10-8-6-4-2/h17H,3-16H2,1-2H3. The minimum atomic E-state index is 0.243. The van der Waals surface area contributed by atoms with Gasteiger partial charge < -0.3 is 0 Å². The van der Waals surface area contributed by atoms with Crippen LogP contribution in [0.4, 0.5) is 0 Å². The van der Waals surface area contributed by atoms with Crippen molar-refractivity contribution in [2.45, 2.75) is 108 Å². The van der Waals surface area contributed by atoms with Gasteiger partial charge in [-0.05, 0) is 12.8 Å². The van der Waals surface area contributed by atoms with E-state index in [0.717, 1.165) is 4.32 Å². The molecule has 22 heavy (non-hydrogen) atoms. The van der Waals surface area contributed by atoms with Crippen LogP contribution in [0.15, 0.2) is 4.99 Å². The van der Waals surface area contributed by atoms with Crippen LogP contribution in [0, 0.1) is 0 Å². The predicted molar refractivity (Wildman–Crippen MR) is 107 cm³/mol. The summed E-state index contributed by atoms with van der Waals surface area (Å²) >= 11 is 7.16. The summed E-state index contributed by atoms with van der Waals surface area (Å²) in [4.78, 5) is 4.42. The number of nitrogens with zero attached hydrogens (tertiary/aromatic N) is 1. The molecule has 0 aromatic carbocycles. The Balaban J connectivity index is 2.21. The molecule has 1 aliphatic heterocycles. The Morgan fingerprint density at radius 3 is 1.68 bits per heavy atom.